The van der Waals surface area contributed by atoms with Crippen molar-refractivity contribution >= 4 is 21.5 Å². The number of benzene rings is 2. The van der Waals surface area contributed by atoms with E-state index >= 15 is 0 Å². The normalized spacial score (nSPS) is 13.6. The van der Waals surface area contributed by atoms with Crippen molar-refractivity contribution in [3.05, 3.63) is 77.7 Å². The first kappa shape index (κ1) is 25.8. The van der Waals surface area contributed by atoms with Crippen molar-refractivity contribution < 1.29 is 15.1 Å². The van der Waals surface area contributed by atoms with Crippen molar-refractivity contribution in [1.82, 2.24) is 0 Å². The maximum atomic E-state index is 4.20. The summed E-state index contributed by atoms with van der Waals surface area (Å²) in [5, 5.41) is 0. The van der Waals surface area contributed by atoms with Crippen LogP contribution >= 0.6 is 10.1 Å². The Balaban J connectivity index is 0.00000166. The molecule has 31 heavy (non-hydrogen) atoms. The topological polar surface area (TPSA) is 6.48 Å². The number of rotatable bonds is 6. The Labute approximate surface area is 202 Å². The van der Waals surface area contributed by atoms with Crippen molar-refractivity contribution in [3.8, 4) is 0 Å². The van der Waals surface area contributed by atoms with E-state index in [-0.39, 0.29) is 0 Å². The Morgan fingerprint density at radius 3 is 1.06 bits per heavy atom. The Morgan fingerprint density at radius 2 is 0.839 bits per heavy atom. The van der Waals surface area contributed by atoms with Gasteiger partial charge in [0.15, 0.2) is 0 Å². The van der Waals surface area contributed by atoms with Gasteiger partial charge in [0, 0.05) is 12.4 Å². The average molecular weight is 488 g/mol. The summed E-state index contributed by atoms with van der Waals surface area (Å²) in [5.74, 6) is 1.84. The van der Waals surface area contributed by atoms with Crippen LogP contribution in [0.1, 0.15) is 101 Å². The molecule has 0 saturated heterocycles. The number of hydrogen-bond donors (Lipinski definition) is 0. The van der Waals surface area contributed by atoms with Crippen molar-refractivity contribution in [3.63, 3.8) is 0 Å². The van der Waals surface area contributed by atoms with E-state index in [1.165, 1.54) is 33.6 Å². The molecule has 0 N–H and O–H groups in total. The Hall–Kier alpha value is -1.41. The van der Waals surface area contributed by atoms with Crippen molar-refractivity contribution in [2.75, 3.05) is 9.80 Å². The fourth-order valence-corrected chi connectivity index (χ4v) is 4.14. The molecule has 3 rings (SSSR count). The number of hydrogen-bond acceptors (Lipinski definition) is 2. The fraction of sp³-hybridized carbons (Fsp3) is 0.444. The second kappa shape index (κ2) is 11.5. The summed E-state index contributed by atoms with van der Waals surface area (Å²) in [4.78, 5) is 4.40. The van der Waals surface area contributed by atoms with E-state index in [0.29, 0.717) is 23.7 Å². The quantitative estimate of drug-likeness (QED) is 0.376. The first-order chi connectivity index (χ1) is 14.7. The van der Waals surface area contributed by atoms with Crippen LogP contribution in [0.25, 0.3) is 0 Å². The SMILES string of the molecule is CC(C)c1cccc(C(C)C)c1N1[C]N(c2c(C(C)C)cccc2C(C)C)C=C1.[Cl][Cu]. The molecular weight excluding hydrogens is 451 g/mol. The molecule has 2 aromatic rings. The average Bonchev–Trinajstić information content (AvgIpc) is 3.23. The molecule has 0 aromatic heterocycles. The molecule has 0 unspecified atom stereocenters. The second-order valence-corrected chi connectivity index (χ2v) is 9.33. The van der Waals surface area contributed by atoms with Crippen LogP contribution in [0.15, 0.2) is 48.8 Å². The number of anilines is 2. The van der Waals surface area contributed by atoms with Crippen LogP contribution in [0.2, 0.25) is 0 Å². The van der Waals surface area contributed by atoms with Gasteiger partial charge in [-0.1, -0.05) is 91.8 Å². The summed E-state index contributed by atoms with van der Waals surface area (Å²) in [6.45, 7) is 21.8. The molecule has 1 aliphatic rings. The minimum atomic E-state index is 0.460. The maximum absolute atomic E-state index is 4.20. The van der Waals surface area contributed by atoms with Gasteiger partial charge in [0.25, 0.3) is 0 Å². The number of nitrogens with zero attached hydrogens (tertiary/aromatic N) is 2. The van der Waals surface area contributed by atoms with Gasteiger partial charge in [-0.05, 0) is 45.9 Å². The third-order valence-electron chi connectivity index (χ3n) is 5.75. The Kier molecular flexibility index (Phi) is 9.55. The summed E-state index contributed by atoms with van der Waals surface area (Å²) >= 11 is 3.66. The third kappa shape index (κ3) is 5.69. The van der Waals surface area contributed by atoms with Crippen LogP contribution in [0.4, 0.5) is 11.4 Å². The van der Waals surface area contributed by atoms with Gasteiger partial charge in [-0.15, -0.1) is 0 Å². The standard InChI is InChI=1S/C27H36N2.ClH.Cu/c1-18(2)22-11-9-12-23(19(3)4)26(22)28-15-16-29(17-28)27-24(20(5)6)13-10-14-25(27)21(7)8;;/h9-16,18-21H,1-8H3;1H;/q;;+1/p-1. The van der Waals surface area contributed by atoms with Crippen molar-refractivity contribution in [2.24, 2.45) is 0 Å². The summed E-state index contributed by atoms with van der Waals surface area (Å²) in [6.07, 6.45) is 4.32. The third-order valence-corrected chi connectivity index (χ3v) is 5.75. The van der Waals surface area contributed by atoms with Gasteiger partial charge in [-0.2, -0.15) is 0 Å². The summed E-state index contributed by atoms with van der Waals surface area (Å²) < 4.78 is 0. The molecule has 4 heteroatoms. The molecule has 2 aromatic carbocycles. The number of halogens is 1. The molecule has 0 atom stereocenters. The number of para-hydroxylation sites is 2. The second-order valence-electron chi connectivity index (χ2n) is 9.33. The first-order valence-corrected chi connectivity index (χ1v) is 12.4. The molecule has 172 valence electrons. The molecule has 0 saturated carbocycles. The Bertz CT molecular complexity index is 763. The van der Waals surface area contributed by atoms with Crippen LogP contribution in [-0.4, -0.2) is 0 Å². The van der Waals surface area contributed by atoms with Crippen LogP contribution < -0.4 is 9.80 Å². The Morgan fingerprint density at radius 1 is 0.581 bits per heavy atom. The minimum absolute atomic E-state index is 0.460. The van der Waals surface area contributed by atoms with E-state index in [4.69, 9.17) is 0 Å². The van der Waals surface area contributed by atoms with E-state index in [2.05, 4.69) is 146 Å². The van der Waals surface area contributed by atoms with Gasteiger partial charge < -0.3 is 9.80 Å². The molecule has 0 bridgehead atoms. The van der Waals surface area contributed by atoms with Crippen molar-refractivity contribution in [1.29, 1.82) is 0 Å². The van der Waals surface area contributed by atoms with Gasteiger partial charge in [0.2, 0.25) is 6.67 Å². The van der Waals surface area contributed by atoms with E-state index in [1.54, 1.807) is 0 Å². The van der Waals surface area contributed by atoms with E-state index in [1.807, 2.05) is 0 Å². The van der Waals surface area contributed by atoms with Crippen molar-refractivity contribution in [2.45, 2.75) is 79.1 Å². The molecule has 1 heterocycles. The zero-order chi connectivity index (χ0) is 23.3. The summed E-state index contributed by atoms with van der Waals surface area (Å²) in [6, 6.07) is 13.4. The molecule has 1 aliphatic heterocycles. The van der Waals surface area contributed by atoms with E-state index < -0.39 is 0 Å². The monoisotopic (exact) mass is 486 g/mol. The van der Waals surface area contributed by atoms with Crippen LogP contribution in [-0.2, 0) is 15.1 Å². The van der Waals surface area contributed by atoms with E-state index in [9.17, 15) is 0 Å². The van der Waals surface area contributed by atoms with Crippen LogP contribution in [0.5, 0.6) is 0 Å². The molecule has 0 amide bonds. The van der Waals surface area contributed by atoms with Gasteiger partial charge in [-0.3, -0.25) is 0 Å². The van der Waals surface area contributed by atoms with Gasteiger partial charge in [-0.25, -0.2) is 0 Å². The molecule has 0 aliphatic carbocycles. The van der Waals surface area contributed by atoms with Crippen LogP contribution in [0.3, 0.4) is 0 Å². The summed E-state index contributed by atoms with van der Waals surface area (Å²) in [7, 11) is 4.20. The molecule has 0 fully saturated rings. The molecule has 0 spiro atoms. The van der Waals surface area contributed by atoms with Gasteiger partial charge in [0.1, 0.15) is 0 Å². The van der Waals surface area contributed by atoms with E-state index in [0.717, 1.165) is 0 Å². The zero-order valence-corrected chi connectivity index (χ0v) is 21.7. The predicted octanol–water partition coefficient (Wildman–Crippen LogP) is 8.66. The van der Waals surface area contributed by atoms with Gasteiger partial charge >= 0.3 is 25.2 Å². The predicted molar refractivity (Wildman–Crippen MR) is 132 cm³/mol. The zero-order valence-electron chi connectivity index (χ0n) is 20.0. The van der Waals surface area contributed by atoms with Gasteiger partial charge in [0.05, 0.1) is 11.4 Å². The van der Waals surface area contributed by atoms with Crippen LogP contribution in [0, 0.1) is 6.67 Å². The molecular formula is C27H36ClCuN2. The fourth-order valence-electron chi connectivity index (χ4n) is 4.14. The first-order valence-electron chi connectivity index (χ1n) is 11.1. The molecule has 2 radical (unpaired) electrons. The molecule has 2 nitrogen and oxygen atoms in total. The summed E-state index contributed by atoms with van der Waals surface area (Å²) in [5.41, 5.74) is 8.05.